The van der Waals surface area contributed by atoms with E-state index < -0.39 is 15.6 Å². The van der Waals surface area contributed by atoms with Crippen molar-refractivity contribution in [1.82, 2.24) is 5.32 Å². The van der Waals surface area contributed by atoms with Crippen molar-refractivity contribution in [2.75, 3.05) is 18.4 Å². The second kappa shape index (κ2) is 6.49. The van der Waals surface area contributed by atoms with Crippen molar-refractivity contribution in [3.05, 3.63) is 24.3 Å². The van der Waals surface area contributed by atoms with Crippen LogP contribution in [0.2, 0.25) is 0 Å². The van der Waals surface area contributed by atoms with Crippen molar-refractivity contribution in [1.29, 1.82) is 0 Å². The molecule has 1 aromatic rings. The molecule has 2 N–H and O–H groups in total. The van der Waals surface area contributed by atoms with Crippen LogP contribution in [0.5, 0.6) is 0 Å². The van der Waals surface area contributed by atoms with Gasteiger partial charge in [-0.15, -0.1) is 0 Å². The SMILES string of the molecule is O=S(=O)(c1ccc(NCC2CCCCN2)cc1)C(F)F. The number of piperidine rings is 1. The molecule has 0 bridgehead atoms. The third-order valence-electron chi connectivity index (χ3n) is 3.38. The zero-order valence-electron chi connectivity index (χ0n) is 11.0. The van der Waals surface area contributed by atoms with Crippen LogP contribution in [-0.2, 0) is 9.84 Å². The van der Waals surface area contributed by atoms with Crippen molar-refractivity contribution < 1.29 is 17.2 Å². The Bertz CT molecular complexity index is 526. The molecule has 1 atom stereocenters. The molecular formula is C13H18F2N2O2S. The van der Waals surface area contributed by atoms with E-state index in [9.17, 15) is 17.2 Å². The van der Waals surface area contributed by atoms with Gasteiger partial charge in [0.25, 0.3) is 0 Å². The van der Waals surface area contributed by atoms with Gasteiger partial charge in [0.1, 0.15) is 0 Å². The number of rotatable bonds is 5. The molecule has 2 rings (SSSR count). The van der Waals surface area contributed by atoms with Crippen LogP contribution >= 0.6 is 0 Å². The maximum absolute atomic E-state index is 12.4. The number of alkyl halides is 2. The van der Waals surface area contributed by atoms with E-state index in [-0.39, 0.29) is 4.90 Å². The summed E-state index contributed by atoms with van der Waals surface area (Å²) in [4.78, 5) is -0.353. The van der Waals surface area contributed by atoms with Crippen LogP contribution in [0.1, 0.15) is 19.3 Å². The molecule has 1 saturated heterocycles. The predicted octanol–water partition coefficient (Wildman–Crippen LogP) is 2.24. The van der Waals surface area contributed by atoms with Crippen LogP contribution in [0, 0.1) is 0 Å². The van der Waals surface area contributed by atoms with Gasteiger partial charge in [0.2, 0.25) is 9.84 Å². The molecule has 0 radical (unpaired) electrons. The van der Waals surface area contributed by atoms with Crippen LogP contribution in [-0.4, -0.2) is 33.3 Å². The van der Waals surface area contributed by atoms with Gasteiger partial charge in [-0.05, 0) is 43.7 Å². The highest BCUT2D eigenvalue weighted by atomic mass is 32.2. The van der Waals surface area contributed by atoms with E-state index in [1.807, 2.05) is 0 Å². The highest BCUT2D eigenvalue weighted by molar-refractivity contribution is 7.91. The standard InChI is InChI=1S/C13H18F2N2O2S/c14-13(15)20(18,19)12-6-4-10(5-7-12)17-9-11-3-1-2-8-16-11/h4-7,11,13,16-17H,1-3,8-9H2. The molecule has 4 nitrogen and oxygen atoms in total. The fraction of sp³-hybridized carbons (Fsp3) is 0.538. The number of hydrogen-bond acceptors (Lipinski definition) is 4. The summed E-state index contributed by atoms with van der Waals surface area (Å²) in [6.07, 6.45) is 3.49. The average Bonchev–Trinajstić information content (AvgIpc) is 2.46. The van der Waals surface area contributed by atoms with Gasteiger partial charge in [0, 0.05) is 18.3 Å². The number of sulfone groups is 1. The third kappa shape index (κ3) is 3.67. The van der Waals surface area contributed by atoms with Crippen molar-refractivity contribution in [3.8, 4) is 0 Å². The first kappa shape index (κ1) is 15.2. The van der Waals surface area contributed by atoms with Gasteiger partial charge in [0.05, 0.1) is 4.90 Å². The zero-order chi connectivity index (χ0) is 14.6. The Morgan fingerprint density at radius 3 is 2.50 bits per heavy atom. The van der Waals surface area contributed by atoms with E-state index in [0.29, 0.717) is 6.04 Å². The summed E-state index contributed by atoms with van der Waals surface area (Å²) < 4.78 is 47.3. The molecule has 1 fully saturated rings. The predicted molar refractivity (Wildman–Crippen MR) is 73.8 cm³/mol. The van der Waals surface area contributed by atoms with Crippen LogP contribution in [0.3, 0.4) is 0 Å². The van der Waals surface area contributed by atoms with Crippen LogP contribution in [0.4, 0.5) is 14.5 Å². The van der Waals surface area contributed by atoms with Gasteiger partial charge in [-0.3, -0.25) is 0 Å². The van der Waals surface area contributed by atoms with Gasteiger partial charge < -0.3 is 10.6 Å². The first-order chi connectivity index (χ1) is 9.50. The monoisotopic (exact) mass is 304 g/mol. The van der Waals surface area contributed by atoms with E-state index in [0.717, 1.165) is 25.2 Å². The lowest BCUT2D eigenvalue weighted by atomic mass is 10.1. The maximum atomic E-state index is 12.4. The van der Waals surface area contributed by atoms with Crippen LogP contribution < -0.4 is 10.6 Å². The van der Waals surface area contributed by atoms with E-state index in [4.69, 9.17) is 0 Å². The normalized spacial score (nSPS) is 20.1. The number of anilines is 1. The molecule has 0 aliphatic carbocycles. The number of halogens is 2. The summed E-state index contributed by atoms with van der Waals surface area (Å²) in [5, 5.41) is 6.56. The topological polar surface area (TPSA) is 58.2 Å². The first-order valence-electron chi connectivity index (χ1n) is 6.59. The van der Waals surface area contributed by atoms with Crippen LogP contribution in [0.15, 0.2) is 29.2 Å². The molecular weight excluding hydrogens is 286 g/mol. The Hall–Kier alpha value is -1.21. The second-order valence-corrected chi connectivity index (χ2v) is 6.78. The highest BCUT2D eigenvalue weighted by Gasteiger charge is 2.26. The summed E-state index contributed by atoms with van der Waals surface area (Å²) >= 11 is 0. The lowest BCUT2D eigenvalue weighted by Crippen LogP contribution is -2.39. The molecule has 1 aliphatic rings. The minimum atomic E-state index is -4.50. The van der Waals surface area contributed by atoms with E-state index in [1.165, 1.54) is 37.1 Å². The number of benzene rings is 1. The molecule has 1 aromatic carbocycles. The molecule has 0 spiro atoms. The summed E-state index contributed by atoms with van der Waals surface area (Å²) in [6.45, 7) is 1.75. The van der Waals surface area contributed by atoms with Crippen molar-refractivity contribution >= 4 is 15.5 Å². The van der Waals surface area contributed by atoms with Gasteiger partial charge in [-0.25, -0.2) is 8.42 Å². The van der Waals surface area contributed by atoms with Gasteiger partial charge >= 0.3 is 5.76 Å². The lowest BCUT2D eigenvalue weighted by molar-refractivity contribution is 0.234. The fourth-order valence-corrected chi connectivity index (χ4v) is 2.93. The Kier molecular flexibility index (Phi) is 4.93. The Morgan fingerprint density at radius 2 is 1.95 bits per heavy atom. The van der Waals surface area contributed by atoms with Gasteiger partial charge in [-0.1, -0.05) is 6.42 Å². The fourth-order valence-electron chi connectivity index (χ4n) is 2.20. The molecule has 1 unspecified atom stereocenters. The Balaban J connectivity index is 1.94. The molecule has 1 aliphatic heterocycles. The Morgan fingerprint density at radius 1 is 1.25 bits per heavy atom. The molecule has 0 amide bonds. The average molecular weight is 304 g/mol. The van der Waals surface area contributed by atoms with Crippen molar-refractivity contribution in [2.45, 2.75) is 36.0 Å². The molecule has 0 aromatic heterocycles. The maximum Gasteiger partial charge on any atom is 0.341 e. The highest BCUT2D eigenvalue weighted by Crippen LogP contribution is 2.20. The minimum absolute atomic E-state index is 0.353. The first-order valence-corrected chi connectivity index (χ1v) is 8.14. The van der Waals surface area contributed by atoms with Crippen molar-refractivity contribution in [2.24, 2.45) is 0 Å². The molecule has 0 saturated carbocycles. The van der Waals surface area contributed by atoms with E-state index in [2.05, 4.69) is 10.6 Å². The molecule has 112 valence electrons. The molecule has 20 heavy (non-hydrogen) atoms. The zero-order valence-corrected chi connectivity index (χ0v) is 11.8. The van der Waals surface area contributed by atoms with E-state index in [1.54, 1.807) is 0 Å². The molecule has 1 heterocycles. The van der Waals surface area contributed by atoms with Gasteiger partial charge in [0.15, 0.2) is 0 Å². The number of nitrogens with one attached hydrogen (secondary N) is 2. The largest absolute Gasteiger partial charge is 0.383 e. The smallest absolute Gasteiger partial charge is 0.341 e. The summed E-state index contributed by atoms with van der Waals surface area (Å²) in [5.74, 6) is -3.38. The quantitative estimate of drug-likeness (QED) is 0.876. The number of hydrogen-bond donors (Lipinski definition) is 2. The summed E-state index contributed by atoms with van der Waals surface area (Å²) in [5.41, 5.74) is 0.727. The summed E-state index contributed by atoms with van der Waals surface area (Å²) in [7, 11) is -4.50. The Labute approximate surface area is 117 Å². The second-order valence-electron chi connectivity index (χ2n) is 4.86. The molecule has 7 heteroatoms. The lowest BCUT2D eigenvalue weighted by Gasteiger charge is -2.24. The van der Waals surface area contributed by atoms with Crippen molar-refractivity contribution in [3.63, 3.8) is 0 Å². The minimum Gasteiger partial charge on any atom is -0.383 e. The summed E-state index contributed by atoms with van der Waals surface area (Å²) in [6, 6.07) is 5.83. The van der Waals surface area contributed by atoms with E-state index >= 15 is 0 Å². The van der Waals surface area contributed by atoms with Gasteiger partial charge in [-0.2, -0.15) is 8.78 Å². The third-order valence-corrected chi connectivity index (χ3v) is 4.78. The van der Waals surface area contributed by atoms with Crippen LogP contribution in [0.25, 0.3) is 0 Å².